The van der Waals surface area contributed by atoms with Gasteiger partial charge in [-0.15, -0.1) is 0 Å². The Balaban J connectivity index is 1.41. The molecule has 0 N–H and O–H groups in total. The first kappa shape index (κ1) is 22.5. The first-order valence-corrected chi connectivity index (χ1v) is 11.3. The molecule has 0 saturated heterocycles. The summed E-state index contributed by atoms with van der Waals surface area (Å²) in [5, 5.41) is 0. The first-order chi connectivity index (χ1) is 16.9. The van der Waals surface area contributed by atoms with Crippen LogP contribution in [0.3, 0.4) is 0 Å². The van der Waals surface area contributed by atoms with E-state index in [1.54, 1.807) is 28.1 Å². The zero-order valence-electron chi connectivity index (χ0n) is 20.1. The SMILES string of the molecule is COc1ccc(C2=C(c3ccc(OCc4nc5ccccn5c4OC)cc3)C(=O)C(C)(C)O2)cc1. The Hall–Kier alpha value is -4.26. The lowest BCUT2D eigenvalue weighted by Crippen LogP contribution is -2.29. The second kappa shape index (κ2) is 8.83. The number of carbonyl (C=O) groups excluding carboxylic acids is 1. The van der Waals surface area contributed by atoms with Crippen LogP contribution in [0.4, 0.5) is 0 Å². The van der Waals surface area contributed by atoms with Crippen LogP contribution in [0.15, 0.2) is 72.9 Å². The molecule has 0 saturated carbocycles. The van der Waals surface area contributed by atoms with E-state index in [-0.39, 0.29) is 12.4 Å². The standard InChI is InChI=1S/C28H26N2O5/c1-28(2)26(31)24(25(35-28)19-10-12-20(32-3)13-11-19)18-8-14-21(15-9-18)34-17-22-27(33-4)30-16-6-5-7-23(30)29-22/h5-16H,17H2,1-4H3. The molecule has 0 atom stereocenters. The minimum absolute atomic E-state index is 0.0635. The molecule has 0 spiro atoms. The van der Waals surface area contributed by atoms with Crippen molar-refractivity contribution in [3.63, 3.8) is 0 Å². The number of Topliss-reactive ketones (excluding diaryl/α,β-unsaturated/α-hetero) is 1. The molecule has 0 unspecified atom stereocenters. The van der Waals surface area contributed by atoms with E-state index in [9.17, 15) is 4.79 Å². The molecule has 0 amide bonds. The van der Waals surface area contributed by atoms with E-state index in [0.29, 0.717) is 28.7 Å². The second-order valence-electron chi connectivity index (χ2n) is 8.68. The zero-order valence-corrected chi connectivity index (χ0v) is 20.1. The third kappa shape index (κ3) is 4.10. The molecule has 2 aromatic heterocycles. The van der Waals surface area contributed by atoms with E-state index in [1.165, 1.54) is 0 Å². The summed E-state index contributed by atoms with van der Waals surface area (Å²) in [6, 6.07) is 20.7. The third-order valence-corrected chi connectivity index (χ3v) is 5.98. The van der Waals surface area contributed by atoms with Gasteiger partial charge in [-0.2, -0.15) is 0 Å². The van der Waals surface area contributed by atoms with E-state index in [4.69, 9.17) is 18.9 Å². The fraction of sp³-hybridized carbons (Fsp3) is 0.214. The lowest BCUT2D eigenvalue weighted by molar-refractivity contribution is -0.125. The van der Waals surface area contributed by atoms with Crippen molar-refractivity contribution in [2.24, 2.45) is 0 Å². The Morgan fingerprint density at radius 3 is 2.26 bits per heavy atom. The van der Waals surface area contributed by atoms with Crippen molar-refractivity contribution in [1.82, 2.24) is 9.38 Å². The molecule has 7 heteroatoms. The maximum Gasteiger partial charge on any atom is 0.225 e. The number of fused-ring (bicyclic) bond motifs is 1. The number of hydrogen-bond donors (Lipinski definition) is 0. The number of imidazole rings is 1. The Kier molecular flexibility index (Phi) is 5.68. The smallest absolute Gasteiger partial charge is 0.225 e. The summed E-state index contributed by atoms with van der Waals surface area (Å²) < 4.78 is 24.8. The van der Waals surface area contributed by atoms with E-state index in [1.807, 2.05) is 77.3 Å². The molecule has 3 heterocycles. The van der Waals surface area contributed by atoms with Gasteiger partial charge >= 0.3 is 0 Å². The summed E-state index contributed by atoms with van der Waals surface area (Å²) in [5.41, 5.74) is 2.68. The van der Waals surface area contributed by atoms with Gasteiger partial charge < -0.3 is 18.9 Å². The summed E-state index contributed by atoms with van der Waals surface area (Å²) in [6.07, 6.45) is 1.90. The van der Waals surface area contributed by atoms with Gasteiger partial charge in [0, 0.05) is 11.8 Å². The van der Waals surface area contributed by atoms with Gasteiger partial charge in [0.25, 0.3) is 0 Å². The van der Waals surface area contributed by atoms with E-state index >= 15 is 0 Å². The molecular weight excluding hydrogens is 444 g/mol. The summed E-state index contributed by atoms with van der Waals surface area (Å²) >= 11 is 0. The van der Waals surface area contributed by atoms with Crippen LogP contribution in [0.1, 0.15) is 30.7 Å². The normalized spacial score (nSPS) is 14.8. The third-order valence-electron chi connectivity index (χ3n) is 5.98. The van der Waals surface area contributed by atoms with Gasteiger partial charge in [-0.25, -0.2) is 4.98 Å². The molecule has 0 radical (unpaired) electrons. The molecule has 0 fully saturated rings. The average Bonchev–Trinajstić information content (AvgIpc) is 3.36. The molecule has 178 valence electrons. The van der Waals surface area contributed by atoms with Gasteiger partial charge in [-0.1, -0.05) is 18.2 Å². The maximum absolute atomic E-state index is 13.2. The van der Waals surface area contributed by atoms with Crippen molar-refractivity contribution in [3.8, 4) is 17.4 Å². The van der Waals surface area contributed by atoms with Gasteiger partial charge in [-0.05, 0) is 67.9 Å². The van der Waals surface area contributed by atoms with E-state index in [2.05, 4.69) is 4.98 Å². The topological polar surface area (TPSA) is 71.3 Å². The highest BCUT2D eigenvalue weighted by Crippen LogP contribution is 2.41. The number of benzene rings is 2. The molecule has 2 aromatic carbocycles. The molecule has 7 nitrogen and oxygen atoms in total. The van der Waals surface area contributed by atoms with Gasteiger partial charge in [0.15, 0.2) is 5.60 Å². The van der Waals surface area contributed by atoms with Crippen molar-refractivity contribution in [2.75, 3.05) is 14.2 Å². The van der Waals surface area contributed by atoms with E-state index < -0.39 is 5.60 Å². The van der Waals surface area contributed by atoms with E-state index in [0.717, 1.165) is 22.5 Å². The summed E-state index contributed by atoms with van der Waals surface area (Å²) in [6.45, 7) is 3.82. The molecule has 0 aliphatic carbocycles. The second-order valence-corrected chi connectivity index (χ2v) is 8.68. The van der Waals surface area contributed by atoms with Crippen LogP contribution < -0.4 is 14.2 Å². The Morgan fingerprint density at radius 1 is 0.886 bits per heavy atom. The summed E-state index contributed by atoms with van der Waals surface area (Å²) in [7, 11) is 3.23. The number of methoxy groups -OCH3 is 2. The van der Waals surface area contributed by atoms with Crippen molar-refractivity contribution >= 4 is 22.8 Å². The molecule has 5 rings (SSSR count). The van der Waals surface area contributed by atoms with Crippen LogP contribution in [0.5, 0.6) is 17.4 Å². The lowest BCUT2D eigenvalue weighted by Gasteiger charge is -2.17. The highest BCUT2D eigenvalue weighted by atomic mass is 16.5. The Morgan fingerprint density at radius 2 is 1.57 bits per heavy atom. The fourth-order valence-electron chi connectivity index (χ4n) is 4.17. The average molecular weight is 471 g/mol. The largest absolute Gasteiger partial charge is 0.497 e. The van der Waals surface area contributed by atoms with Gasteiger partial charge in [0.2, 0.25) is 11.7 Å². The zero-order chi connectivity index (χ0) is 24.6. The van der Waals surface area contributed by atoms with Crippen LogP contribution >= 0.6 is 0 Å². The highest BCUT2D eigenvalue weighted by Gasteiger charge is 2.42. The number of carbonyl (C=O) groups is 1. The van der Waals surface area contributed by atoms with Crippen LogP contribution in [0, 0.1) is 0 Å². The number of rotatable bonds is 7. The van der Waals surface area contributed by atoms with Crippen molar-refractivity contribution in [2.45, 2.75) is 26.1 Å². The molecule has 1 aliphatic rings. The Labute approximate surface area is 203 Å². The van der Waals surface area contributed by atoms with Gasteiger partial charge in [0.05, 0.1) is 19.8 Å². The maximum atomic E-state index is 13.2. The van der Waals surface area contributed by atoms with Gasteiger partial charge in [0.1, 0.15) is 35.2 Å². The van der Waals surface area contributed by atoms with Crippen LogP contribution in [-0.2, 0) is 16.1 Å². The summed E-state index contributed by atoms with van der Waals surface area (Å²) in [5.74, 6) is 2.54. The number of ether oxygens (including phenoxy) is 4. The monoisotopic (exact) mass is 470 g/mol. The lowest BCUT2D eigenvalue weighted by atomic mass is 9.92. The van der Waals surface area contributed by atoms with Crippen LogP contribution in [-0.4, -0.2) is 35.0 Å². The van der Waals surface area contributed by atoms with Crippen molar-refractivity contribution < 1.29 is 23.7 Å². The number of pyridine rings is 1. The molecule has 4 aromatic rings. The number of nitrogens with zero attached hydrogens (tertiary/aromatic N) is 2. The van der Waals surface area contributed by atoms with Crippen molar-refractivity contribution in [1.29, 1.82) is 0 Å². The summed E-state index contributed by atoms with van der Waals surface area (Å²) in [4.78, 5) is 17.8. The number of ketones is 1. The predicted octanol–water partition coefficient (Wildman–Crippen LogP) is 5.18. The minimum atomic E-state index is -0.945. The Bertz CT molecular complexity index is 1420. The molecule has 1 aliphatic heterocycles. The number of aromatic nitrogens is 2. The predicted molar refractivity (Wildman–Crippen MR) is 132 cm³/mol. The molecule has 0 bridgehead atoms. The minimum Gasteiger partial charge on any atom is -0.497 e. The number of hydrogen-bond acceptors (Lipinski definition) is 6. The van der Waals surface area contributed by atoms with Crippen LogP contribution in [0.25, 0.3) is 17.0 Å². The molecular formula is C28H26N2O5. The quantitative estimate of drug-likeness (QED) is 0.371. The van der Waals surface area contributed by atoms with Crippen molar-refractivity contribution in [3.05, 3.63) is 89.7 Å². The van der Waals surface area contributed by atoms with Gasteiger partial charge in [-0.3, -0.25) is 9.20 Å². The first-order valence-electron chi connectivity index (χ1n) is 11.3. The van der Waals surface area contributed by atoms with Crippen LogP contribution in [0.2, 0.25) is 0 Å². The highest BCUT2D eigenvalue weighted by molar-refractivity contribution is 6.32. The molecule has 35 heavy (non-hydrogen) atoms. The fourth-order valence-corrected chi connectivity index (χ4v) is 4.17.